The van der Waals surface area contributed by atoms with Crippen LogP contribution in [0.15, 0.2) is 36.4 Å². The Bertz CT molecular complexity index is 844. The normalized spacial score (nSPS) is 15.5. The summed E-state index contributed by atoms with van der Waals surface area (Å²) in [6.45, 7) is 5.11. The quantitative estimate of drug-likeness (QED) is 0.707. The minimum Gasteiger partial charge on any atom is -0.469 e. The molecule has 1 aromatic carbocycles. The summed E-state index contributed by atoms with van der Waals surface area (Å²) in [6.07, 6.45) is 2.58. The maximum absolute atomic E-state index is 13.4. The van der Waals surface area contributed by atoms with Gasteiger partial charge in [0.15, 0.2) is 0 Å². The van der Waals surface area contributed by atoms with E-state index in [4.69, 9.17) is 4.74 Å². The summed E-state index contributed by atoms with van der Waals surface area (Å²) >= 11 is 0. The number of rotatable bonds is 7. The molecule has 0 unspecified atom stereocenters. The van der Waals surface area contributed by atoms with Gasteiger partial charge in [-0.1, -0.05) is 30.3 Å². The molecule has 1 N–H and O–H groups in total. The van der Waals surface area contributed by atoms with E-state index in [9.17, 15) is 9.59 Å². The van der Waals surface area contributed by atoms with Crippen LogP contribution in [0.25, 0.3) is 0 Å². The molecule has 3 rings (SSSR count). The van der Waals surface area contributed by atoms with Crippen LogP contribution in [0.4, 0.5) is 5.95 Å². The number of carbonyl (C=O) groups excluding carboxylic acids is 2. The van der Waals surface area contributed by atoms with Crippen LogP contribution in [0.5, 0.6) is 0 Å². The molecule has 0 saturated carbocycles. The largest absolute Gasteiger partial charge is 0.469 e. The molecule has 1 amide bonds. The standard InChI is InChI=1S/C23H30N4O3/c1-16-13-17(2)25-23(24-16)26-20(14-18-7-5-4-6-8-18)22(29)27-11-9-19(10-12-27)15-21(28)30-3/h4-8,13,19-20H,9-12,14-15H2,1-3H3,(H,24,25,26)/t20-/m1/s1. The van der Waals surface area contributed by atoms with Crippen molar-refractivity contribution in [2.45, 2.75) is 45.6 Å². The topological polar surface area (TPSA) is 84.4 Å². The highest BCUT2D eigenvalue weighted by Gasteiger charge is 2.30. The lowest BCUT2D eigenvalue weighted by Gasteiger charge is -2.34. The monoisotopic (exact) mass is 410 g/mol. The van der Waals surface area contributed by atoms with Gasteiger partial charge in [-0.2, -0.15) is 0 Å². The summed E-state index contributed by atoms with van der Waals surface area (Å²) in [7, 11) is 1.41. The number of benzene rings is 1. The highest BCUT2D eigenvalue weighted by atomic mass is 16.5. The molecule has 30 heavy (non-hydrogen) atoms. The van der Waals surface area contributed by atoms with E-state index in [2.05, 4.69) is 15.3 Å². The van der Waals surface area contributed by atoms with E-state index in [-0.39, 0.29) is 17.8 Å². The number of nitrogens with one attached hydrogen (secondary N) is 1. The molecule has 0 radical (unpaired) electrons. The minimum atomic E-state index is -0.453. The summed E-state index contributed by atoms with van der Waals surface area (Å²) in [6, 6.07) is 11.4. The predicted molar refractivity (Wildman–Crippen MR) is 115 cm³/mol. The van der Waals surface area contributed by atoms with Crippen molar-refractivity contribution in [3.8, 4) is 0 Å². The van der Waals surface area contributed by atoms with Gasteiger partial charge in [0.25, 0.3) is 0 Å². The van der Waals surface area contributed by atoms with Crippen molar-refractivity contribution in [1.29, 1.82) is 0 Å². The fourth-order valence-electron chi connectivity index (χ4n) is 3.89. The second-order valence-electron chi connectivity index (χ2n) is 7.91. The van der Waals surface area contributed by atoms with E-state index in [0.717, 1.165) is 29.8 Å². The summed E-state index contributed by atoms with van der Waals surface area (Å²) in [5.74, 6) is 0.598. The molecule has 7 heteroatoms. The zero-order valence-corrected chi connectivity index (χ0v) is 17.9. The molecule has 0 spiro atoms. The van der Waals surface area contributed by atoms with Gasteiger partial charge in [-0.15, -0.1) is 0 Å². The Morgan fingerprint density at radius 1 is 1.13 bits per heavy atom. The Labute approximate surface area is 177 Å². The van der Waals surface area contributed by atoms with Crippen LogP contribution < -0.4 is 5.32 Å². The van der Waals surface area contributed by atoms with Crippen LogP contribution in [0.3, 0.4) is 0 Å². The number of carbonyl (C=O) groups is 2. The van der Waals surface area contributed by atoms with Gasteiger partial charge in [0.05, 0.1) is 7.11 Å². The lowest BCUT2D eigenvalue weighted by molar-refractivity contribution is -0.142. The first-order chi connectivity index (χ1) is 14.4. The van der Waals surface area contributed by atoms with Crippen molar-refractivity contribution in [3.05, 3.63) is 53.3 Å². The van der Waals surface area contributed by atoms with Gasteiger partial charge in [0.2, 0.25) is 11.9 Å². The molecule has 1 aromatic heterocycles. The maximum atomic E-state index is 13.4. The fraction of sp³-hybridized carbons (Fsp3) is 0.478. The number of anilines is 1. The van der Waals surface area contributed by atoms with Crippen LogP contribution in [0.2, 0.25) is 0 Å². The third-order valence-electron chi connectivity index (χ3n) is 5.48. The van der Waals surface area contributed by atoms with Crippen LogP contribution >= 0.6 is 0 Å². The van der Waals surface area contributed by atoms with Gasteiger partial charge >= 0.3 is 5.97 Å². The van der Waals surface area contributed by atoms with Crippen molar-refractivity contribution in [2.24, 2.45) is 5.92 Å². The molecule has 1 saturated heterocycles. The van der Waals surface area contributed by atoms with Gasteiger partial charge in [-0.3, -0.25) is 9.59 Å². The van der Waals surface area contributed by atoms with E-state index >= 15 is 0 Å². The summed E-state index contributed by atoms with van der Waals surface area (Å²) < 4.78 is 4.77. The zero-order chi connectivity index (χ0) is 21.5. The number of hydrogen-bond donors (Lipinski definition) is 1. The molecule has 1 aliphatic heterocycles. The number of piperidine rings is 1. The zero-order valence-electron chi connectivity index (χ0n) is 17.9. The maximum Gasteiger partial charge on any atom is 0.305 e. The molecule has 1 atom stereocenters. The molecule has 1 aliphatic rings. The second kappa shape index (κ2) is 10.2. The third-order valence-corrected chi connectivity index (χ3v) is 5.48. The van der Waals surface area contributed by atoms with Crippen molar-refractivity contribution in [2.75, 3.05) is 25.5 Å². The number of aromatic nitrogens is 2. The van der Waals surface area contributed by atoms with Crippen LogP contribution in [-0.4, -0.2) is 53.0 Å². The van der Waals surface area contributed by atoms with Gasteiger partial charge in [0.1, 0.15) is 6.04 Å². The molecule has 7 nitrogen and oxygen atoms in total. The Kier molecular flexibility index (Phi) is 7.38. The van der Waals surface area contributed by atoms with Crippen molar-refractivity contribution in [1.82, 2.24) is 14.9 Å². The third kappa shape index (κ3) is 6.02. The Morgan fingerprint density at radius 2 is 1.77 bits per heavy atom. The molecule has 0 bridgehead atoms. The van der Waals surface area contributed by atoms with Gasteiger partial charge in [-0.05, 0) is 44.2 Å². The lowest BCUT2D eigenvalue weighted by Crippen LogP contribution is -2.47. The number of esters is 1. The van der Waals surface area contributed by atoms with E-state index < -0.39 is 6.04 Å². The van der Waals surface area contributed by atoms with E-state index in [1.54, 1.807) is 0 Å². The first-order valence-corrected chi connectivity index (χ1v) is 10.4. The number of aryl methyl sites for hydroxylation is 2. The molecular formula is C23H30N4O3. The number of methoxy groups -OCH3 is 1. The van der Waals surface area contributed by atoms with Crippen molar-refractivity contribution < 1.29 is 14.3 Å². The van der Waals surface area contributed by atoms with E-state index in [1.165, 1.54) is 7.11 Å². The lowest BCUT2D eigenvalue weighted by atomic mass is 9.93. The van der Waals surface area contributed by atoms with Gasteiger partial charge in [-0.25, -0.2) is 9.97 Å². The van der Waals surface area contributed by atoms with E-state index in [0.29, 0.717) is 31.9 Å². The number of nitrogens with zero attached hydrogens (tertiary/aromatic N) is 3. The van der Waals surface area contributed by atoms with Crippen molar-refractivity contribution >= 4 is 17.8 Å². The fourth-order valence-corrected chi connectivity index (χ4v) is 3.89. The average molecular weight is 411 g/mol. The Hall–Kier alpha value is -2.96. The number of hydrogen-bond acceptors (Lipinski definition) is 6. The van der Waals surface area contributed by atoms with Gasteiger partial charge in [0, 0.05) is 37.3 Å². The molecule has 2 heterocycles. The van der Waals surface area contributed by atoms with Crippen LogP contribution in [-0.2, 0) is 20.7 Å². The predicted octanol–water partition coefficient (Wildman–Crippen LogP) is 2.92. The highest BCUT2D eigenvalue weighted by molar-refractivity contribution is 5.84. The van der Waals surface area contributed by atoms with Crippen molar-refractivity contribution in [3.63, 3.8) is 0 Å². The Morgan fingerprint density at radius 3 is 2.37 bits per heavy atom. The van der Waals surface area contributed by atoms with E-state index in [1.807, 2.05) is 55.1 Å². The van der Waals surface area contributed by atoms with Crippen LogP contribution in [0, 0.1) is 19.8 Å². The highest BCUT2D eigenvalue weighted by Crippen LogP contribution is 2.22. The number of ether oxygens (including phenoxy) is 1. The summed E-state index contributed by atoms with van der Waals surface area (Å²) in [5.41, 5.74) is 2.80. The first kappa shape index (κ1) is 21.7. The second-order valence-corrected chi connectivity index (χ2v) is 7.91. The molecule has 0 aliphatic carbocycles. The summed E-state index contributed by atoms with van der Waals surface area (Å²) in [4.78, 5) is 35.7. The molecule has 2 aromatic rings. The minimum absolute atomic E-state index is 0.0399. The number of amides is 1. The first-order valence-electron chi connectivity index (χ1n) is 10.4. The Balaban J connectivity index is 1.71. The van der Waals surface area contributed by atoms with Gasteiger partial charge < -0.3 is 15.0 Å². The molecular weight excluding hydrogens is 380 g/mol. The SMILES string of the molecule is COC(=O)CC1CCN(C(=O)[C@@H](Cc2ccccc2)Nc2nc(C)cc(C)n2)CC1. The van der Waals surface area contributed by atoms with Crippen LogP contribution in [0.1, 0.15) is 36.2 Å². The average Bonchev–Trinajstić information content (AvgIpc) is 2.73. The number of likely N-dealkylation sites (tertiary alicyclic amines) is 1. The molecule has 1 fully saturated rings. The molecule has 160 valence electrons. The smallest absolute Gasteiger partial charge is 0.305 e. The summed E-state index contributed by atoms with van der Waals surface area (Å²) in [5, 5.41) is 3.27.